The zero-order valence-corrected chi connectivity index (χ0v) is 20.2. The van der Waals surface area contributed by atoms with Crippen LogP contribution in [-0.4, -0.2) is 24.5 Å². The minimum absolute atomic E-state index is 0.185. The van der Waals surface area contributed by atoms with Crippen LogP contribution >= 0.6 is 27.5 Å². The third kappa shape index (κ3) is 6.71. The number of amides is 2. The highest BCUT2D eigenvalue weighted by Gasteiger charge is 2.19. The van der Waals surface area contributed by atoms with Gasteiger partial charge in [0, 0.05) is 17.3 Å². The van der Waals surface area contributed by atoms with Gasteiger partial charge in [-0.1, -0.05) is 44.7 Å². The van der Waals surface area contributed by atoms with Gasteiger partial charge in [-0.3, -0.25) is 9.59 Å². The molecule has 0 aliphatic heterocycles. The van der Waals surface area contributed by atoms with E-state index in [0.29, 0.717) is 44.6 Å². The van der Waals surface area contributed by atoms with E-state index < -0.39 is 0 Å². The van der Waals surface area contributed by atoms with Crippen molar-refractivity contribution < 1.29 is 14.3 Å². The Kier molecular flexibility index (Phi) is 8.38. The molecule has 7 heteroatoms. The lowest BCUT2D eigenvalue weighted by atomic mass is 9.95. The van der Waals surface area contributed by atoms with Gasteiger partial charge in [0.25, 0.3) is 11.8 Å². The summed E-state index contributed by atoms with van der Waals surface area (Å²) in [6.45, 7) is 4.75. The van der Waals surface area contributed by atoms with Gasteiger partial charge in [0.2, 0.25) is 0 Å². The standard InChI is InChI=1S/C24H28BrClN2O3/c1-15(2)14-31-22-11-8-16(12-20(22)25)23(29)28-18-9-10-21(26)19(13-18)24(30)27-17-6-4-3-5-7-17/h8-13,15,17H,3-7,14H2,1-2H3,(H,27,30)(H,28,29). The van der Waals surface area contributed by atoms with Crippen LogP contribution in [0.15, 0.2) is 40.9 Å². The number of halogens is 2. The summed E-state index contributed by atoms with van der Waals surface area (Å²) in [4.78, 5) is 25.4. The number of carbonyl (C=O) groups is 2. The quantitative estimate of drug-likeness (QED) is 0.452. The summed E-state index contributed by atoms with van der Waals surface area (Å²) in [5.41, 5.74) is 1.36. The van der Waals surface area contributed by atoms with E-state index in [1.807, 2.05) is 0 Å². The van der Waals surface area contributed by atoms with Crippen molar-refractivity contribution in [3.8, 4) is 5.75 Å². The van der Waals surface area contributed by atoms with E-state index in [2.05, 4.69) is 40.4 Å². The molecule has 2 N–H and O–H groups in total. The first-order valence-corrected chi connectivity index (χ1v) is 11.8. The maximum atomic E-state index is 12.7. The van der Waals surface area contributed by atoms with Gasteiger partial charge in [-0.15, -0.1) is 0 Å². The van der Waals surface area contributed by atoms with E-state index in [1.165, 1.54) is 6.42 Å². The summed E-state index contributed by atoms with van der Waals surface area (Å²) in [6.07, 6.45) is 5.46. The minimum atomic E-state index is -0.280. The molecule has 1 fully saturated rings. The maximum absolute atomic E-state index is 12.7. The summed E-state index contributed by atoms with van der Waals surface area (Å²) < 4.78 is 6.44. The van der Waals surface area contributed by atoms with Gasteiger partial charge >= 0.3 is 0 Å². The van der Waals surface area contributed by atoms with E-state index in [-0.39, 0.29) is 17.9 Å². The third-order valence-electron chi connectivity index (χ3n) is 5.18. The Morgan fingerprint density at radius 3 is 2.52 bits per heavy atom. The van der Waals surface area contributed by atoms with Gasteiger partial charge in [-0.2, -0.15) is 0 Å². The lowest BCUT2D eigenvalue weighted by Gasteiger charge is -2.23. The van der Waals surface area contributed by atoms with Crippen molar-refractivity contribution in [2.75, 3.05) is 11.9 Å². The molecule has 5 nitrogen and oxygen atoms in total. The Bertz CT molecular complexity index is 942. The first kappa shape index (κ1) is 23.6. The molecular weight excluding hydrogens is 480 g/mol. The van der Waals surface area contributed by atoms with E-state index in [1.54, 1.807) is 36.4 Å². The molecule has 166 valence electrons. The lowest BCUT2D eigenvalue weighted by molar-refractivity contribution is 0.0926. The molecule has 1 aliphatic carbocycles. The van der Waals surface area contributed by atoms with Crippen LogP contribution in [0.2, 0.25) is 5.02 Å². The SMILES string of the molecule is CC(C)COc1ccc(C(=O)Nc2ccc(Cl)c(C(=O)NC3CCCCC3)c2)cc1Br. The Balaban J connectivity index is 1.68. The maximum Gasteiger partial charge on any atom is 0.255 e. The summed E-state index contributed by atoms with van der Waals surface area (Å²) in [5, 5.41) is 6.27. The predicted octanol–water partition coefficient (Wildman–Crippen LogP) is 6.45. The monoisotopic (exact) mass is 506 g/mol. The smallest absolute Gasteiger partial charge is 0.255 e. The van der Waals surface area contributed by atoms with E-state index in [0.717, 1.165) is 25.7 Å². The zero-order chi connectivity index (χ0) is 22.4. The Hall–Kier alpha value is -2.05. The number of hydrogen-bond acceptors (Lipinski definition) is 3. The van der Waals surface area contributed by atoms with Gasteiger partial charge in [0.1, 0.15) is 5.75 Å². The van der Waals surface area contributed by atoms with Crippen LogP contribution in [0, 0.1) is 5.92 Å². The van der Waals surface area contributed by atoms with Crippen LogP contribution in [-0.2, 0) is 0 Å². The van der Waals surface area contributed by atoms with Gasteiger partial charge in [-0.25, -0.2) is 0 Å². The number of nitrogens with one attached hydrogen (secondary N) is 2. The highest BCUT2D eigenvalue weighted by Crippen LogP contribution is 2.28. The third-order valence-corrected chi connectivity index (χ3v) is 6.12. The lowest BCUT2D eigenvalue weighted by Crippen LogP contribution is -2.36. The number of carbonyl (C=O) groups excluding carboxylic acids is 2. The molecule has 2 aromatic carbocycles. The van der Waals surface area contributed by atoms with E-state index >= 15 is 0 Å². The molecule has 0 bridgehead atoms. The topological polar surface area (TPSA) is 67.4 Å². The number of rotatable bonds is 7. The molecule has 0 unspecified atom stereocenters. The molecule has 0 aromatic heterocycles. The molecule has 1 aliphatic rings. The van der Waals surface area contributed by atoms with Crippen molar-refractivity contribution in [1.82, 2.24) is 5.32 Å². The summed E-state index contributed by atoms with van der Waals surface area (Å²) in [5.74, 6) is 0.613. The Morgan fingerprint density at radius 2 is 1.84 bits per heavy atom. The molecule has 0 radical (unpaired) electrons. The molecule has 0 spiro atoms. The molecule has 0 saturated heterocycles. The van der Waals surface area contributed by atoms with Gasteiger partial charge in [0.15, 0.2) is 0 Å². The number of hydrogen-bond donors (Lipinski definition) is 2. The molecule has 31 heavy (non-hydrogen) atoms. The molecule has 2 aromatic rings. The van der Waals surface area contributed by atoms with Crippen molar-refractivity contribution in [3.05, 3.63) is 57.0 Å². The van der Waals surface area contributed by atoms with Crippen molar-refractivity contribution in [2.24, 2.45) is 5.92 Å². The molecular formula is C24H28BrClN2O3. The highest BCUT2D eigenvalue weighted by atomic mass is 79.9. The molecule has 3 rings (SSSR count). The van der Waals surface area contributed by atoms with Crippen LogP contribution in [0.25, 0.3) is 0 Å². The second-order valence-corrected chi connectivity index (χ2v) is 9.57. The average molecular weight is 508 g/mol. The molecule has 2 amide bonds. The normalized spacial score (nSPS) is 14.4. The van der Waals surface area contributed by atoms with E-state index in [9.17, 15) is 9.59 Å². The first-order valence-electron chi connectivity index (χ1n) is 10.7. The van der Waals surface area contributed by atoms with Crippen molar-refractivity contribution in [2.45, 2.75) is 52.0 Å². The number of benzene rings is 2. The summed E-state index contributed by atoms with van der Waals surface area (Å²) >= 11 is 9.72. The van der Waals surface area contributed by atoms with E-state index in [4.69, 9.17) is 16.3 Å². The fourth-order valence-electron chi connectivity index (χ4n) is 3.51. The molecule has 0 heterocycles. The molecule has 1 saturated carbocycles. The minimum Gasteiger partial charge on any atom is -0.492 e. The van der Waals surface area contributed by atoms with Crippen LogP contribution in [0.4, 0.5) is 5.69 Å². The van der Waals surface area contributed by atoms with Crippen LogP contribution < -0.4 is 15.4 Å². The Labute approximate surface area is 197 Å². The van der Waals surface area contributed by atoms with Crippen molar-refractivity contribution in [1.29, 1.82) is 0 Å². The fourth-order valence-corrected chi connectivity index (χ4v) is 4.20. The summed E-state index contributed by atoms with van der Waals surface area (Å²) in [6, 6.07) is 10.3. The average Bonchev–Trinajstić information content (AvgIpc) is 2.74. The second-order valence-electron chi connectivity index (χ2n) is 8.31. The number of ether oxygens (including phenoxy) is 1. The zero-order valence-electron chi connectivity index (χ0n) is 17.8. The number of anilines is 1. The van der Waals surface area contributed by atoms with Crippen LogP contribution in [0.3, 0.4) is 0 Å². The predicted molar refractivity (Wildman–Crippen MR) is 128 cm³/mol. The Morgan fingerprint density at radius 1 is 1.10 bits per heavy atom. The van der Waals surface area contributed by atoms with Gasteiger partial charge < -0.3 is 15.4 Å². The molecule has 0 atom stereocenters. The summed E-state index contributed by atoms with van der Waals surface area (Å²) in [7, 11) is 0. The van der Waals surface area contributed by atoms with Gasteiger partial charge in [-0.05, 0) is 71.1 Å². The highest BCUT2D eigenvalue weighted by molar-refractivity contribution is 9.10. The van der Waals surface area contributed by atoms with Crippen LogP contribution in [0.1, 0.15) is 66.7 Å². The van der Waals surface area contributed by atoms with Crippen molar-refractivity contribution >= 4 is 45.0 Å². The first-order chi connectivity index (χ1) is 14.8. The van der Waals surface area contributed by atoms with Crippen molar-refractivity contribution in [3.63, 3.8) is 0 Å². The van der Waals surface area contributed by atoms with Gasteiger partial charge in [0.05, 0.1) is 21.7 Å². The fraction of sp³-hybridized carbons (Fsp3) is 0.417. The largest absolute Gasteiger partial charge is 0.492 e. The second kappa shape index (κ2) is 11.0. The van der Waals surface area contributed by atoms with Crippen LogP contribution in [0.5, 0.6) is 5.75 Å².